The third-order valence-electron chi connectivity index (χ3n) is 5.09. The third kappa shape index (κ3) is 1.80. The Balaban J connectivity index is 1.64. The molecule has 0 spiro atoms. The Morgan fingerprint density at radius 2 is 2.06 bits per heavy atom. The molecule has 0 amide bonds. The van der Waals surface area contributed by atoms with Gasteiger partial charge in [-0.1, -0.05) is 6.58 Å². The van der Waals surface area contributed by atoms with E-state index in [1.165, 1.54) is 25.5 Å². The van der Waals surface area contributed by atoms with Crippen molar-refractivity contribution in [3.8, 4) is 0 Å². The maximum Gasteiger partial charge on any atom is 0.196 e. The van der Waals surface area contributed by atoms with Crippen molar-refractivity contribution in [3.05, 3.63) is 12.8 Å². The summed E-state index contributed by atoms with van der Waals surface area (Å²) in [6, 6.07) is 0. The van der Waals surface area contributed by atoms with E-state index in [4.69, 9.17) is 9.47 Å². The van der Waals surface area contributed by atoms with Gasteiger partial charge in [-0.3, -0.25) is 0 Å². The minimum absolute atomic E-state index is 0.0386. The predicted molar refractivity (Wildman–Crippen MR) is 64.1 cm³/mol. The minimum Gasteiger partial charge on any atom is -0.473 e. The minimum atomic E-state index is -0.302. The van der Waals surface area contributed by atoms with Crippen LogP contribution >= 0.6 is 0 Å². The molecule has 7 unspecified atom stereocenters. The number of rotatable bonds is 4. The van der Waals surface area contributed by atoms with Gasteiger partial charge in [0.15, 0.2) is 6.29 Å². The summed E-state index contributed by atoms with van der Waals surface area (Å²) in [6.07, 6.45) is 5.81. The van der Waals surface area contributed by atoms with Crippen LogP contribution in [0, 0.1) is 23.7 Å². The second-order valence-electron chi connectivity index (χ2n) is 5.85. The maximum absolute atomic E-state index is 10.4. The molecule has 0 heterocycles. The van der Waals surface area contributed by atoms with Crippen LogP contribution in [0.15, 0.2) is 12.8 Å². The fraction of sp³-hybridized carbons (Fsp3) is 0.857. The quantitative estimate of drug-likeness (QED) is 0.603. The smallest absolute Gasteiger partial charge is 0.196 e. The number of hydrogen-bond acceptors (Lipinski definition) is 3. The molecule has 0 aromatic heterocycles. The van der Waals surface area contributed by atoms with Crippen LogP contribution in [0.4, 0.5) is 0 Å². The van der Waals surface area contributed by atoms with Crippen molar-refractivity contribution >= 4 is 0 Å². The van der Waals surface area contributed by atoms with E-state index in [9.17, 15) is 5.11 Å². The van der Waals surface area contributed by atoms with Crippen LogP contribution in [-0.2, 0) is 9.47 Å². The van der Waals surface area contributed by atoms with Gasteiger partial charge >= 0.3 is 0 Å². The van der Waals surface area contributed by atoms with Crippen LogP contribution in [0.3, 0.4) is 0 Å². The maximum atomic E-state index is 10.4. The molecule has 3 rings (SSSR count). The molecule has 0 aromatic rings. The standard InChI is InChI=1S/C14H22O3/c1-3-16-8(2)17-12-7-11-9-4-5-10(6-9)13(11)14(12)15/h3,8-15H,1,4-7H2,2H3. The van der Waals surface area contributed by atoms with Crippen molar-refractivity contribution in [3.63, 3.8) is 0 Å². The summed E-state index contributed by atoms with van der Waals surface area (Å²) in [5.74, 6) is 2.80. The van der Waals surface area contributed by atoms with Gasteiger partial charge in [-0.25, -0.2) is 0 Å². The van der Waals surface area contributed by atoms with Gasteiger partial charge in [0, 0.05) is 0 Å². The first kappa shape index (κ1) is 11.5. The Hall–Kier alpha value is -0.540. The SMILES string of the molecule is C=COC(C)OC1CC2C3CCC(C3)C2C1O. The van der Waals surface area contributed by atoms with E-state index in [0.717, 1.165) is 18.3 Å². The summed E-state index contributed by atoms with van der Waals surface area (Å²) in [7, 11) is 0. The molecule has 3 aliphatic rings. The molecule has 3 heteroatoms. The number of aliphatic hydroxyl groups is 1. The van der Waals surface area contributed by atoms with Crippen molar-refractivity contribution in [2.45, 2.75) is 51.1 Å². The molecule has 3 fully saturated rings. The normalized spacial score (nSPS) is 49.1. The molecule has 3 aliphatic carbocycles. The van der Waals surface area contributed by atoms with Gasteiger partial charge in [-0.2, -0.15) is 0 Å². The van der Waals surface area contributed by atoms with Crippen molar-refractivity contribution in [1.82, 2.24) is 0 Å². The molecular weight excluding hydrogens is 216 g/mol. The fourth-order valence-electron chi connectivity index (χ4n) is 4.54. The molecule has 2 bridgehead atoms. The monoisotopic (exact) mass is 238 g/mol. The lowest BCUT2D eigenvalue weighted by atomic mass is 9.81. The van der Waals surface area contributed by atoms with Crippen LogP contribution < -0.4 is 0 Å². The van der Waals surface area contributed by atoms with Gasteiger partial charge in [0.1, 0.15) is 0 Å². The van der Waals surface area contributed by atoms with E-state index in [1.54, 1.807) is 0 Å². The highest BCUT2D eigenvalue weighted by Gasteiger charge is 2.57. The first-order valence-corrected chi connectivity index (χ1v) is 6.80. The van der Waals surface area contributed by atoms with E-state index in [1.807, 2.05) is 6.92 Å². The highest BCUT2D eigenvalue weighted by molar-refractivity contribution is 5.06. The Bertz CT molecular complexity index is 304. The molecule has 7 atom stereocenters. The molecule has 0 radical (unpaired) electrons. The second kappa shape index (κ2) is 4.29. The lowest BCUT2D eigenvalue weighted by Gasteiger charge is -2.27. The summed E-state index contributed by atoms with van der Waals surface area (Å²) < 4.78 is 11.0. The molecule has 3 nitrogen and oxygen atoms in total. The molecule has 0 saturated heterocycles. The summed E-state index contributed by atoms with van der Waals surface area (Å²) in [5, 5.41) is 10.4. The fourth-order valence-corrected chi connectivity index (χ4v) is 4.54. The summed E-state index contributed by atoms with van der Waals surface area (Å²) in [4.78, 5) is 0. The molecule has 17 heavy (non-hydrogen) atoms. The molecule has 0 aliphatic heterocycles. The first-order chi connectivity index (χ1) is 8.20. The largest absolute Gasteiger partial charge is 0.473 e. The molecule has 3 saturated carbocycles. The van der Waals surface area contributed by atoms with E-state index >= 15 is 0 Å². The Morgan fingerprint density at radius 3 is 2.76 bits per heavy atom. The molecule has 1 N–H and O–H groups in total. The number of ether oxygens (including phenoxy) is 2. The van der Waals surface area contributed by atoms with Gasteiger partial charge in [0.25, 0.3) is 0 Å². The van der Waals surface area contributed by atoms with Crippen molar-refractivity contribution in [2.75, 3.05) is 0 Å². The van der Waals surface area contributed by atoms with Gasteiger partial charge in [0.2, 0.25) is 0 Å². The van der Waals surface area contributed by atoms with E-state index in [2.05, 4.69) is 6.58 Å². The van der Waals surface area contributed by atoms with Crippen LogP contribution in [0.2, 0.25) is 0 Å². The summed E-state index contributed by atoms with van der Waals surface area (Å²) in [5.41, 5.74) is 0. The van der Waals surface area contributed by atoms with E-state index in [0.29, 0.717) is 11.8 Å². The lowest BCUT2D eigenvalue weighted by molar-refractivity contribution is -0.156. The molecular formula is C14H22O3. The van der Waals surface area contributed by atoms with Crippen LogP contribution in [-0.4, -0.2) is 23.6 Å². The topological polar surface area (TPSA) is 38.7 Å². The molecule has 96 valence electrons. The summed E-state index contributed by atoms with van der Waals surface area (Å²) >= 11 is 0. The lowest BCUT2D eigenvalue weighted by Crippen LogP contribution is -2.33. The van der Waals surface area contributed by atoms with Crippen molar-refractivity contribution in [2.24, 2.45) is 23.7 Å². The van der Waals surface area contributed by atoms with Gasteiger partial charge in [-0.15, -0.1) is 0 Å². The average molecular weight is 238 g/mol. The first-order valence-electron chi connectivity index (χ1n) is 6.80. The highest BCUT2D eigenvalue weighted by atomic mass is 16.7. The number of hydrogen-bond donors (Lipinski definition) is 1. The second-order valence-corrected chi connectivity index (χ2v) is 5.85. The average Bonchev–Trinajstić information content (AvgIpc) is 2.94. The van der Waals surface area contributed by atoms with Crippen LogP contribution in [0.1, 0.15) is 32.6 Å². The Kier molecular flexibility index (Phi) is 2.91. The number of fused-ring (bicyclic) bond motifs is 5. The Labute approximate surface area is 103 Å². The number of aliphatic hydroxyl groups excluding tert-OH is 1. The van der Waals surface area contributed by atoms with E-state index < -0.39 is 0 Å². The third-order valence-corrected chi connectivity index (χ3v) is 5.09. The van der Waals surface area contributed by atoms with Crippen LogP contribution in [0.5, 0.6) is 0 Å². The zero-order chi connectivity index (χ0) is 12.0. The van der Waals surface area contributed by atoms with Gasteiger partial charge < -0.3 is 14.6 Å². The highest BCUT2D eigenvalue weighted by Crippen LogP contribution is 2.59. The summed E-state index contributed by atoms with van der Waals surface area (Å²) in [6.45, 7) is 5.38. The Morgan fingerprint density at radius 1 is 1.29 bits per heavy atom. The van der Waals surface area contributed by atoms with Gasteiger partial charge in [0.05, 0.1) is 18.5 Å². The van der Waals surface area contributed by atoms with Crippen LogP contribution in [0.25, 0.3) is 0 Å². The van der Waals surface area contributed by atoms with Crippen molar-refractivity contribution in [1.29, 1.82) is 0 Å². The zero-order valence-corrected chi connectivity index (χ0v) is 10.4. The molecule has 0 aromatic carbocycles. The van der Waals surface area contributed by atoms with E-state index in [-0.39, 0.29) is 18.5 Å². The predicted octanol–water partition coefficient (Wildman–Crippen LogP) is 2.30. The van der Waals surface area contributed by atoms with Crippen molar-refractivity contribution < 1.29 is 14.6 Å². The zero-order valence-electron chi connectivity index (χ0n) is 10.4. The van der Waals surface area contributed by atoms with Gasteiger partial charge in [-0.05, 0) is 56.3 Å².